The summed E-state index contributed by atoms with van der Waals surface area (Å²) in [6.07, 6.45) is 7.80. The normalized spacial score (nSPS) is 14.6. The molecule has 0 heterocycles. The number of hydrogen-bond donors (Lipinski definition) is 1. The van der Waals surface area contributed by atoms with E-state index in [1.807, 2.05) is 12.1 Å². The van der Waals surface area contributed by atoms with Crippen LogP contribution in [0.15, 0.2) is 22.7 Å². The predicted octanol–water partition coefficient (Wildman–Crippen LogP) is 4.45. The van der Waals surface area contributed by atoms with Gasteiger partial charge in [0.1, 0.15) is 5.75 Å². The highest BCUT2D eigenvalue weighted by atomic mass is 79.9. The highest BCUT2D eigenvalue weighted by Crippen LogP contribution is 2.22. The van der Waals surface area contributed by atoms with Crippen LogP contribution in [-0.2, 0) is 0 Å². The van der Waals surface area contributed by atoms with Crippen molar-refractivity contribution in [3.05, 3.63) is 28.2 Å². The van der Waals surface area contributed by atoms with Crippen molar-refractivity contribution in [1.82, 2.24) is 5.32 Å². The van der Waals surface area contributed by atoms with Crippen LogP contribution in [0.5, 0.6) is 5.75 Å². The summed E-state index contributed by atoms with van der Waals surface area (Å²) in [6, 6.07) is 7.02. The van der Waals surface area contributed by atoms with Crippen LogP contribution >= 0.6 is 15.9 Å². The van der Waals surface area contributed by atoms with Crippen LogP contribution < -0.4 is 10.1 Å². The molecule has 1 aliphatic carbocycles. The maximum atomic E-state index is 5.81. The van der Waals surface area contributed by atoms with E-state index in [1.165, 1.54) is 44.2 Å². The van der Waals surface area contributed by atoms with Crippen LogP contribution in [0.4, 0.5) is 0 Å². The summed E-state index contributed by atoms with van der Waals surface area (Å²) >= 11 is 3.47. The van der Waals surface area contributed by atoms with Gasteiger partial charge in [-0.25, -0.2) is 0 Å². The molecule has 1 aliphatic rings. The van der Waals surface area contributed by atoms with E-state index < -0.39 is 0 Å². The molecule has 1 saturated carbocycles. The predicted molar refractivity (Wildman–Crippen MR) is 83.9 cm³/mol. The summed E-state index contributed by atoms with van der Waals surface area (Å²) in [6.45, 7) is 4.11. The molecule has 0 saturated heterocycles. The topological polar surface area (TPSA) is 21.3 Å². The summed E-state index contributed by atoms with van der Waals surface area (Å²) in [4.78, 5) is 0. The molecule has 106 valence electrons. The average Bonchev–Trinajstić information content (AvgIpc) is 3.19. The monoisotopic (exact) mass is 325 g/mol. The molecule has 3 heteroatoms. The lowest BCUT2D eigenvalue weighted by Crippen LogP contribution is -2.17. The van der Waals surface area contributed by atoms with E-state index in [-0.39, 0.29) is 0 Å². The fraction of sp³-hybridized carbons (Fsp3) is 0.625. The van der Waals surface area contributed by atoms with Gasteiger partial charge in [-0.05, 0) is 62.9 Å². The van der Waals surface area contributed by atoms with E-state index in [1.54, 1.807) is 0 Å². The average molecular weight is 326 g/mol. The smallest absolute Gasteiger partial charge is 0.122 e. The minimum absolute atomic E-state index is 0.832. The van der Waals surface area contributed by atoms with Gasteiger partial charge in [-0.3, -0.25) is 0 Å². The van der Waals surface area contributed by atoms with Crippen molar-refractivity contribution in [2.45, 2.75) is 51.5 Å². The maximum Gasteiger partial charge on any atom is 0.122 e. The second-order valence-corrected chi connectivity index (χ2v) is 6.32. The molecule has 1 N–H and O–H groups in total. The molecule has 0 amide bonds. The molecular formula is C16H24BrNO. The van der Waals surface area contributed by atoms with Gasteiger partial charge in [0.15, 0.2) is 0 Å². The van der Waals surface area contributed by atoms with Gasteiger partial charge in [-0.1, -0.05) is 28.8 Å². The lowest BCUT2D eigenvalue weighted by Gasteiger charge is -2.09. The number of aryl methyl sites for hydroxylation is 1. The van der Waals surface area contributed by atoms with Crippen molar-refractivity contribution in [3.63, 3.8) is 0 Å². The largest absolute Gasteiger partial charge is 0.493 e. The van der Waals surface area contributed by atoms with Crippen molar-refractivity contribution in [2.75, 3.05) is 13.2 Å². The summed E-state index contributed by atoms with van der Waals surface area (Å²) in [7, 11) is 0. The SMILES string of the molecule is Cc1cc(Br)ccc1OCCCCCCNC1CC1. The van der Waals surface area contributed by atoms with Crippen LogP contribution in [-0.4, -0.2) is 19.2 Å². The van der Waals surface area contributed by atoms with Crippen LogP contribution in [0, 0.1) is 6.92 Å². The molecule has 0 spiro atoms. The molecule has 0 atom stereocenters. The van der Waals surface area contributed by atoms with Crippen LogP contribution in [0.3, 0.4) is 0 Å². The number of hydrogen-bond acceptors (Lipinski definition) is 2. The van der Waals surface area contributed by atoms with Crippen molar-refractivity contribution in [1.29, 1.82) is 0 Å². The molecule has 19 heavy (non-hydrogen) atoms. The molecule has 0 aliphatic heterocycles. The fourth-order valence-electron chi connectivity index (χ4n) is 2.13. The minimum atomic E-state index is 0.832. The molecule has 1 aromatic rings. The van der Waals surface area contributed by atoms with E-state index in [9.17, 15) is 0 Å². The lowest BCUT2D eigenvalue weighted by atomic mass is 10.2. The third-order valence-corrected chi connectivity index (χ3v) is 3.97. The number of halogens is 1. The number of rotatable bonds is 9. The van der Waals surface area contributed by atoms with Gasteiger partial charge < -0.3 is 10.1 Å². The zero-order valence-electron chi connectivity index (χ0n) is 11.8. The van der Waals surface area contributed by atoms with Gasteiger partial charge in [0.05, 0.1) is 6.61 Å². The Hall–Kier alpha value is -0.540. The zero-order chi connectivity index (χ0) is 13.5. The number of ether oxygens (including phenoxy) is 1. The van der Waals surface area contributed by atoms with Gasteiger partial charge in [0.25, 0.3) is 0 Å². The fourth-order valence-corrected chi connectivity index (χ4v) is 2.61. The van der Waals surface area contributed by atoms with E-state index in [4.69, 9.17) is 4.74 Å². The summed E-state index contributed by atoms with van der Waals surface area (Å²) in [5.41, 5.74) is 1.20. The highest BCUT2D eigenvalue weighted by molar-refractivity contribution is 9.10. The van der Waals surface area contributed by atoms with Crippen molar-refractivity contribution in [2.24, 2.45) is 0 Å². The first-order valence-electron chi connectivity index (χ1n) is 7.38. The molecule has 1 fully saturated rings. The van der Waals surface area contributed by atoms with Gasteiger partial charge in [-0.15, -0.1) is 0 Å². The standard InChI is InChI=1S/C16H24BrNO/c1-13-12-14(17)6-9-16(13)19-11-5-3-2-4-10-18-15-7-8-15/h6,9,12,15,18H,2-5,7-8,10-11H2,1H3. The van der Waals surface area contributed by atoms with Gasteiger partial charge >= 0.3 is 0 Å². The van der Waals surface area contributed by atoms with E-state index in [0.29, 0.717) is 0 Å². The Kier molecular flexibility index (Phi) is 6.18. The number of benzene rings is 1. The summed E-state index contributed by atoms with van der Waals surface area (Å²) in [5, 5.41) is 3.55. The summed E-state index contributed by atoms with van der Waals surface area (Å²) < 4.78 is 6.92. The molecule has 2 rings (SSSR count). The van der Waals surface area contributed by atoms with Crippen molar-refractivity contribution in [3.8, 4) is 5.75 Å². The Morgan fingerprint density at radius 1 is 1.21 bits per heavy atom. The van der Waals surface area contributed by atoms with Crippen LogP contribution in [0.1, 0.15) is 44.1 Å². The molecule has 0 unspecified atom stereocenters. The van der Waals surface area contributed by atoms with Crippen LogP contribution in [0.2, 0.25) is 0 Å². The zero-order valence-corrected chi connectivity index (χ0v) is 13.3. The van der Waals surface area contributed by atoms with Gasteiger partial charge in [0, 0.05) is 10.5 Å². The number of nitrogens with one attached hydrogen (secondary N) is 1. The van der Waals surface area contributed by atoms with Crippen molar-refractivity contribution >= 4 is 15.9 Å². The highest BCUT2D eigenvalue weighted by Gasteiger charge is 2.19. The number of unbranched alkanes of at least 4 members (excludes halogenated alkanes) is 3. The first-order chi connectivity index (χ1) is 9.25. The van der Waals surface area contributed by atoms with E-state index >= 15 is 0 Å². The third-order valence-electron chi connectivity index (χ3n) is 3.48. The van der Waals surface area contributed by atoms with Crippen LogP contribution in [0.25, 0.3) is 0 Å². The molecule has 2 nitrogen and oxygen atoms in total. The second-order valence-electron chi connectivity index (χ2n) is 5.40. The Balaban J connectivity index is 1.48. The molecule has 0 radical (unpaired) electrons. The maximum absolute atomic E-state index is 5.81. The lowest BCUT2D eigenvalue weighted by molar-refractivity contribution is 0.302. The Morgan fingerprint density at radius 2 is 2.00 bits per heavy atom. The van der Waals surface area contributed by atoms with Gasteiger partial charge in [-0.2, -0.15) is 0 Å². The Morgan fingerprint density at radius 3 is 2.74 bits per heavy atom. The molecule has 1 aromatic carbocycles. The summed E-state index contributed by atoms with van der Waals surface area (Å²) in [5.74, 6) is 1.01. The van der Waals surface area contributed by atoms with Gasteiger partial charge in [0.2, 0.25) is 0 Å². The van der Waals surface area contributed by atoms with E-state index in [2.05, 4.69) is 34.2 Å². The quantitative estimate of drug-likeness (QED) is 0.677. The van der Waals surface area contributed by atoms with E-state index in [0.717, 1.165) is 29.3 Å². The Bertz CT molecular complexity index is 390. The van der Waals surface area contributed by atoms with Crippen molar-refractivity contribution < 1.29 is 4.74 Å². The Labute approximate surface area is 125 Å². The molecular weight excluding hydrogens is 302 g/mol. The molecule has 0 bridgehead atoms. The third kappa shape index (κ3) is 5.96. The first kappa shape index (κ1) is 14.9. The second kappa shape index (κ2) is 7.91. The minimum Gasteiger partial charge on any atom is -0.493 e. The first-order valence-corrected chi connectivity index (χ1v) is 8.17. The molecule has 0 aromatic heterocycles.